The van der Waals surface area contributed by atoms with E-state index in [0.717, 1.165) is 22.3 Å². The van der Waals surface area contributed by atoms with E-state index in [1.165, 1.54) is 22.9 Å². The number of thioether (sulfide) groups is 2. The Bertz CT molecular complexity index is 481. The Labute approximate surface area is 123 Å². The molecule has 5 heteroatoms. The van der Waals surface area contributed by atoms with E-state index in [-0.39, 0.29) is 0 Å². The summed E-state index contributed by atoms with van der Waals surface area (Å²) in [6, 6.07) is 6.10. The smallest absolute Gasteiger partial charge is 0.207 e. The van der Waals surface area contributed by atoms with Crippen molar-refractivity contribution in [1.29, 1.82) is 5.26 Å². The molecule has 0 bridgehead atoms. The zero-order valence-corrected chi connectivity index (χ0v) is 13.1. The lowest BCUT2D eigenvalue weighted by Gasteiger charge is -2.10. The molecule has 0 heterocycles. The van der Waals surface area contributed by atoms with Gasteiger partial charge in [0.2, 0.25) is 6.19 Å². The molecule has 0 atom stereocenters. The van der Waals surface area contributed by atoms with Crippen LogP contribution in [0, 0.1) is 25.3 Å². The summed E-state index contributed by atoms with van der Waals surface area (Å²) in [4.78, 5) is 3.73. The van der Waals surface area contributed by atoms with E-state index in [0.29, 0.717) is 6.61 Å². The fourth-order valence-corrected chi connectivity index (χ4v) is 2.85. The molecule has 0 aliphatic carbocycles. The molecule has 0 fully saturated rings. The number of aliphatic imine (C=N–C) groups is 1. The van der Waals surface area contributed by atoms with Gasteiger partial charge in [0.05, 0.1) is 6.61 Å². The third kappa shape index (κ3) is 5.58. The van der Waals surface area contributed by atoms with Gasteiger partial charge in [-0.3, -0.25) is 0 Å². The van der Waals surface area contributed by atoms with Gasteiger partial charge in [0, 0.05) is 5.75 Å². The van der Waals surface area contributed by atoms with Gasteiger partial charge in [0.25, 0.3) is 0 Å². The van der Waals surface area contributed by atoms with Crippen LogP contribution in [0.3, 0.4) is 0 Å². The Balaban J connectivity index is 2.30. The van der Waals surface area contributed by atoms with Crippen molar-refractivity contribution in [2.45, 2.75) is 20.3 Å². The van der Waals surface area contributed by atoms with Gasteiger partial charge in [-0.25, -0.2) is 0 Å². The molecule has 0 radical (unpaired) electrons. The van der Waals surface area contributed by atoms with Crippen LogP contribution in [0.1, 0.15) is 17.5 Å². The Morgan fingerprint density at radius 2 is 2.21 bits per heavy atom. The monoisotopic (exact) mass is 294 g/mol. The van der Waals surface area contributed by atoms with E-state index in [1.54, 1.807) is 11.8 Å². The standard InChI is InChI=1S/C14H18N2OS2/c1-11-6-4-7-13(12(11)2)17-8-5-9-19-14(18-3)16-10-15/h4,6-7H,5,8-9H2,1-3H3. The van der Waals surface area contributed by atoms with E-state index < -0.39 is 0 Å². The maximum atomic E-state index is 8.49. The van der Waals surface area contributed by atoms with Crippen LogP contribution < -0.4 is 4.74 Å². The van der Waals surface area contributed by atoms with Gasteiger partial charge in [0.1, 0.15) is 10.1 Å². The van der Waals surface area contributed by atoms with E-state index in [1.807, 2.05) is 24.6 Å². The number of hydrogen-bond donors (Lipinski definition) is 0. The van der Waals surface area contributed by atoms with Crippen LogP contribution in [0.4, 0.5) is 0 Å². The molecular weight excluding hydrogens is 276 g/mol. The summed E-state index contributed by atoms with van der Waals surface area (Å²) in [5, 5.41) is 8.49. The van der Waals surface area contributed by atoms with Crippen molar-refractivity contribution in [3.8, 4) is 11.9 Å². The van der Waals surface area contributed by atoms with Crippen molar-refractivity contribution in [2.24, 2.45) is 4.99 Å². The quantitative estimate of drug-likeness (QED) is 0.356. The van der Waals surface area contributed by atoms with Crippen molar-refractivity contribution in [3.05, 3.63) is 29.3 Å². The molecule has 0 saturated heterocycles. The summed E-state index contributed by atoms with van der Waals surface area (Å²) in [7, 11) is 0. The van der Waals surface area contributed by atoms with E-state index in [2.05, 4.69) is 24.9 Å². The predicted octanol–water partition coefficient (Wildman–Crippen LogP) is 4.01. The second kappa shape index (κ2) is 8.89. The molecule has 0 aliphatic rings. The summed E-state index contributed by atoms with van der Waals surface area (Å²) >= 11 is 3.10. The van der Waals surface area contributed by atoms with Crippen molar-refractivity contribution in [1.82, 2.24) is 0 Å². The molecule has 0 amide bonds. The average Bonchev–Trinajstić information content (AvgIpc) is 2.41. The number of ether oxygens (including phenoxy) is 1. The fraction of sp³-hybridized carbons (Fsp3) is 0.429. The molecule has 0 aliphatic heterocycles. The van der Waals surface area contributed by atoms with Gasteiger partial charge in [-0.15, -0.1) is 11.8 Å². The van der Waals surface area contributed by atoms with E-state index in [4.69, 9.17) is 10.00 Å². The SMILES string of the molecule is CSC(=NC#N)SCCCOc1cccc(C)c1C. The summed E-state index contributed by atoms with van der Waals surface area (Å²) in [5.41, 5.74) is 2.45. The second-order valence-electron chi connectivity index (χ2n) is 3.93. The predicted molar refractivity (Wildman–Crippen MR) is 85.0 cm³/mol. The number of nitriles is 1. The second-order valence-corrected chi connectivity index (χ2v) is 6.07. The molecule has 1 rings (SSSR count). The summed E-state index contributed by atoms with van der Waals surface area (Å²) in [5.74, 6) is 1.87. The van der Waals surface area contributed by atoms with Crippen LogP contribution >= 0.6 is 23.5 Å². The van der Waals surface area contributed by atoms with Crippen LogP contribution in [-0.2, 0) is 0 Å². The summed E-state index contributed by atoms with van der Waals surface area (Å²) < 4.78 is 6.58. The number of hydrogen-bond acceptors (Lipinski definition) is 5. The van der Waals surface area contributed by atoms with Crippen LogP contribution in [-0.4, -0.2) is 23.0 Å². The first-order chi connectivity index (χ1) is 9.19. The maximum Gasteiger partial charge on any atom is 0.207 e. The van der Waals surface area contributed by atoms with Gasteiger partial charge in [-0.05, 0) is 43.7 Å². The van der Waals surface area contributed by atoms with Crippen molar-refractivity contribution < 1.29 is 4.74 Å². The zero-order chi connectivity index (χ0) is 14.1. The van der Waals surface area contributed by atoms with Crippen LogP contribution in [0.2, 0.25) is 0 Å². The number of benzene rings is 1. The molecule has 19 heavy (non-hydrogen) atoms. The van der Waals surface area contributed by atoms with E-state index >= 15 is 0 Å². The number of nitrogens with zero attached hydrogens (tertiary/aromatic N) is 2. The highest BCUT2D eigenvalue weighted by Gasteiger charge is 2.02. The lowest BCUT2D eigenvalue weighted by atomic mass is 10.1. The minimum Gasteiger partial charge on any atom is -0.493 e. The van der Waals surface area contributed by atoms with Crippen molar-refractivity contribution >= 4 is 27.9 Å². The highest BCUT2D eigenvalue weighted by Crippen LogP contribution is 2.21. The third-order valence-electron chi connectivity index (χ3n) is 2.64. The number of aryl methyl sites for hydroxylation is 1. The lowest BCUT2D eigenvalue weighted by Crippen LogP contribution is -2.01. The molecule has 1 aromatic carbocycles. The van der Waals surface area contributed by atoms with Gasteiger partial charge in [0.15, 0.2) is 0 Å². The Kier molecular flexibility index (Phi) is 7.46. The highest BCUT2D eigenvalue weighted by molar-refractivity contribution is 8.38. The summed E-state index contributed by atoms with van der Waals surface area (Å²) in [6.07, 6.45) is 4.67. The zero-order valence-electron chi connectivity index (χ0n) is 11.5. The first-order valence-electron chi connectivity index (χ1n) is 6.01. The minimum absolute atomic E-state index is 0.686. The topological polar surface area (TPSA) is 45.4 Å². The third-order valence-corrected chi connectivity index (χ3v) is 4.77. The van der Waals surface area contributed by atoms with Crippen LogP contribution in [0.5, 0.6) is 5.75 Å². The molecule has 3 nitrogen and oxygen atoms in total. The molecule has 0 aromatic heterocycles. The molecule has 0 spiro atoms. The molecule has 102 valence electrons. The molecule has 0 saturated carbocycles. The minimum atomic E-state index is 0.686. The normalized spacial score (nSPS) is 11.2. The Morgan fingerprint density at radius 1 is 1.42 bits per heavy atom. The number of rotatable bonds is 5. The molecule has 0 unspecified atom stereocenters. The average molecular weight is 294 g/mol. The first-order valence-corrected chi connectivity index (χ1v) is 8.22. The Morgan fingerprint density at radius 3 is 2.89 bits per heavy atom. The fourth-order valence-electron chi connectivity index (χ4n) is 1.46. The molecule has 0 N–H and O–H groups in total. The first kappa shape index (κ1) is 15.9. The van der Waals surface area contributed by atoms with E-state index in [9.17, 15) is 0 Å². The van der Waals surface area contributed by atoms with Gasteiger partial charge in [-0.2, -0.15) is 10.3 Å². The summed E-state index contributed by atoms with van der Waals surface area (Å²) in [6.45, 7) is 4.84. The van der Waals surface area contributed by atoms with Crippen molar-refractivity contribution in [3.63, 3.8) is 0 Å². The Hall–Kier alpha value is -1.12. The van der Waals surface area contributed by atoms with Gasteiger partial charge < -0.3 is 4.74 Å². The van der Waals surface area contributed by atoms with Crippen LogP contribution in [0.25, 0.3) is 0 Å². The van der Waals surface area contributed by atoms with Gasteiger partial charge >= 0.3 is 0 Å². The lowest BCUT2D eigenvalue weighted by molar-refractivity contribution is 0.316. The van der Waals surface area contributed by atoms with Crippen LogP contribution in [0.15, 0.2) is 23.2 Å². The molecular formula is C14H18N2OS2. The largest absolute Gasteiger partial charge is 0.493 e. The van der Waals surface area contributed by atoms with Crippen molar-refractivity contribution in [2.75, 3.05) is 18.6 Å². The van der Waals surface area contributed by atoms with Gasteiger partial charge in [-0.1, -0.05) is 23.9 Å². The molecule has 1 aromatic rings. The maximum absolute atomic E-state index is 8.49. The highest BCUT2D eigenvalue weighted by atomic mass is 32.2.